The maximum Gasteiger partial charge on any atom is 0.266 e. The number of thioether (sulfide) groups is 1. The Kier molecular flexibility index (Phi) is 4.46. The van der Waals surface area contributed by atoms with Crippen LogP contribution in [0, 0.1) is 0 Å². The van der Waals surface area contributed by atoms with E-state index in [1.54, 1.807) is 38.4 Å². The van der Waals surface area contributed by atoms with Crippen molar-refractivity contribution in [3.8, 4) is 0 Å². The molecule has 0 radical (unpaired) electrons. The molecule has 1 saturated heterocycles. The van der Waals surface area contributed by atoms with Gasteiger partial charge in [-0.25, -0.2) is 0 Å². The summed E-state index contributed by atoms with van der Waals surface area (Å²) in [4.78, 5) is 29.4. The molecule has 1 aliphatic heterocycles. The van der Waals surface area contributed by atoms with Crippen molar-refractivity contribution in [2.24, 2.45) is 4.99 Å². The third-order valence-corrected chi connectivity index (χ3v) is 3.97. The summed E-state index contributed by atoms with van der Waals surface area (Å²) in [6.07, 6.45) is 1.27. The van der Waals surface area contributed by atoms with Crippen LogP contribution in [0.3, 0.4) is 0 Å². The van der Waals surface area contributed by atoms with Gasteiger partial charge in [0.25, 0.3) is 5.91 Å². The summed E-state index contributed by atoms with van der Waals surface area (Å²) in [7, 11) is 3.22. The summed E-state index contributed by atoms with van der Waals surface area (Å²) in [5.41, 5.74) is 0.615. The first-order chi connectivity index (χ1) is 9.51. The Morgan fingerprint density at radius 2 is 2.05 bits per heavy atom. The van der Waals surface area contributed by atoms with E-state index in [0.29, 0.717) is 20.8 Å². The second-order valence-corrected chi connectivity index (χ2v) is 5.42. The highest BCUT2D eigenvalue weighted by atomic mass is 35.5. The van der Waals surface area contributed by atoms with Gasteiger partial charge in [-0.1, -0.05) is 11.6 Å². The Hall–Kier alpha value is -1.79. The number of amides is 2. The maximum atomic E-state index is 11.9. The van der Waals surface area contributed by atoms with E-state index in [2.05, 4.69) is 10.3 Å². The largest absolute Gasteiger partial charge is 0.322 e. The Bertz CT molecular complexity index is 611. The van der Waals surface area contributed by atoms with Crippen LogP contribution >= 0.6 is 23.4 Å². The third-order valence-electron chi connectivity index (χ3n) is 2.57. The lowest BCUT2D eigenvalue weighted by Gasteiger charge is -2.05. The Labute approximate surface area is 125 Å². The lowest BCUT2D eigenvalue weighted by Crippen LogP contribution is -2.24. The van der Waals surface area contributed by atoms with Gasteiger partial charge in [0.1, 0.15) is 0 Å². The zero-order chi connectivity index (χ0) is 14.7. The predicted molar refractivity (Wildman–Crippen MR) is 81.9 cm³/mol. The highest BCUT2D eigenvalue weighted by molar-refractivity contribution is 8.18. The molecule has 0 aliphatic carbocycles. The smallest absolute Gasteiger partial charge is 0.266 e. The molecule has 5 nitrogen and oxygen atoms in total. The Balaban J connectivity index is 2.09. The van der Waals surface area contributed by atoms with Crippen molar-refractivity contribution in [1.29, 1.82) is 0 Å². The summed E-state index contributed by atoms with van der Waals surface area (Å²) >= 11 is 6.94. The normalized spacial score (nSPS) is 18.9. The molecular formula is C13H12ClN3O2S. The molecule has 0 spiro atoms. The number of carbonyl (C=O) groups excluding carboxylic acids is 2. The molecule has 7 heteroatoms. The van der Waals surface area contributed by atoms with Crippen molar-refractivity contribution in [1.82, 2.24) is 4.90 Å². The first-order valence-electron chi connectivity index (χ1n) is 5.72. The van der Waals surface area contributed by atoms with Crippen LogP contribution in [0.5, 0.6) is 0 Å². The number of carbonyl (C=O) groups is 2. The fraction of sp³-hybridized carbons (Fsp3) is 0.154. The molecule has 1 N–H and O–H groups in total. The number of nitrogens with one attached hydrogen (secondary N) is 1. The van der Waals surface area contributed by atoms with E-state index in [0.717, 1.165) is 0 Å². The van der Waals surface area contributed by atoms with Crippen LogP contribution < -0.4 is 5.32 Å². The zero-order valence-corrected chi connectivity index (χ0v) is 12.5. The minimum Gasteiger partial charge on any atom is -0.322 e. The summed E-state index contributed by atoms with van der Waals surface area (Å²) in [5, 5.41) is 3.83. The molecule has 0 aromatic heterocycles. The van der Waals surface area contributed by atoms with Crippen molar-refractivity contribution >= 4 is 46.0 Å². The summed E-state index contributed by atoms with van der Waals surface area (Å²) in [6, 6.07) is 6.73. The summed E-state index contributed by atoms with van der Waals surface area (Å²) in [6.45, 7) is 0. The predicted octanol–water partition coefficient (Wildman–Crippen LogP) is 2.35. The van der Waals surface area contributed by atoms with Crippen LogP contribution in [0.4, 0.5) is 5.69 Å². The molecule has 1 aromatic rings. The van der Waals surface area contributed by atoms with Crippen LogP contribution in [0.25, 0.3) is 0 Å². The molecule has 1 heterocycles. The van der Waals surface area contributed by atoms with Crippen LogP contribution in [0.1, 0.15) is 0 Å². The van der Waals surface area contributed by atoms with E-state index in [1.807, 2.05) is 0 Å². The average molecular weight is 310 g/mol. The lowest BCUT2D eigenvalue weighted by atomic mass is 10.3. The Morgan fingerprint density at radius 3 is 2.60 bits per heavy atom. The Morgan fingerprint density at radius 1 is 1.40 bits per heavy atom. The van der Waals surface area contributed by atoms with E-state index in [-0.39, 0.29) is 11.8 Å². The number of anilines is 1. The first kappa shape index (κ1) is 14.6. The zero-order valence-electron chi connectivity index (χ0n) is 10.9. The minimum absolute atomic E-state index is 0.234. The molecule has 1 fully saturated rings. The van der Waals surface area contributed by atoms with E-state index in [9.17, 15) is 9.59 Å². The van der Waals surface area contributed by atoms with Crippen molar-refractivity contribution in [3.05, 3.63) is 40.3 Å². The lowest BCUT2D eigenvalue weighted by molar-refractivity contribution is -0.121. The van der Waals surface area contributed by atoms with E-state index in [4.69, 9.17) is 11.6 Å². The van der Waals surface area contributed by atoms with Crippen LogP contribution in [0.2, 0.25) is 5.02 Å². The van der Waals surface area contributed by atoms with Gasteiger partial charge in [-0.05, 0) is 36.0 Å². The second-order valence-electron chi connectivity index (χ2n) is 3.98. The molecule has 2 rings (SSSR count). The molecule has 20 heavy (non-hydrogen) atoms. The van der Waals surface area contributed by atoms with Gasteiger partial charge in [-0.2, -0.15) is 0 Å². The number of likely N-dealkylation sites (N-methyl/N-ethyl adjacent to an activating group) is 1. The number of hydrogen-bond acceptors (Lipinski definition) is 4. The number of halogens is 1. The van der Waals surface area contributed by atoms with Crippen LogP contribution in [-0.2, 0) is 9.59 Å². The topological polar surface area (TPSA) is 61.8 Å². The second kappa shape index (κ2) is 6.11. The average Bonchev–Trinajstić information content (AvgIpc) is 2.69. The van der Waals surface area contributed by atoms with Crippen LogP contribution in [-0.4, -0.2) is 36.0 Å². The van der Waals surface area contributed by atoms with E-state index >= 15 is 0 Å². The molecule has 1 aliphatic rings. The van der Waals surface area contributed by atoms with E-state index in [1.165, 1.54) is 22.7 Å². The third kappa shape index (κ3) is 3.20. The van der Waals surface area contributed by atoms with Gasteiger partial charge in [0.15, 0.2) is 5.17 Å². The van der Waals surface area contributed by atoms with Crippen molar-refractivity contribution in [3.63, 3.8) is 0 Å². The minimum atomic E-state index is -0.367. The molecule has 1 aromatic carbocycles. The monoisotopic (exact) mass is 309 g/mol. The van der Waals surface area contributed by atoms with Crippen molar-refractivity contribution < 1.29 is 9.59 Å². The SMILES string of the molecule is CN=C1SC(=CC(=O)Nc2ccc(Cl)cc2)C(=O)N1C. The molecule has 0 saturated carbocycles. The van der Waals surface area contributed by atoms with Gasteiger partial charge in [0.2, 0.25) is 5.91 Å². The summed E-state index contributed by atoms with van der Waals surface area (Å²) < 4.78 is 0. The van der Waals surface area contributed by atoms with Crippen molar-refractivity contribution in [2.45, 2.75) is 0 Å². The quantitative estimate of drug-likeness (QED) is 0.853. The van der Waals surface area contributed by atoms with Crippen LogP contribution in [0.15, 0.2) is 40.2 Å². The van der Waals surface area contributed by atoms with Gasteiger partial charge in [-0.15, -0.1) is 0 Å². The highest BCUT2D eigenvalue weighted by Crippen LogP contribution is 2.29. The number of benzene rings is 1. The molecule has 0 bridgehead atoms. The highest BCUT2D eigenvalue weighted by Gasteiger charge is 2.30. The number of aliphatic imine (C=N–C) groups is 1. The first-order valence-corrected chi connectivity index (χ1v) is 6.91. The fourth-order valence-electron chi connectivity index (χ4n) is 1.58. The van der Waals surface area contributed by atoms with Gasteiger partial charge in [0.05, 0.1) is 4.91 Å². The number of hydrogen-bond donors (Lipinski definition) is 1. The molecule has 0 atom stereocenters. The molecule has 2 amide bonds. The van der Waals surface area contributed by atoms with Gasteiger partial charge >= 0.3 is 0 Å². The van der Waals surface area contributed by atoms with Crippen molar-refractivity contribution in [2.75, 3.05) is 19.4 Å². The van der Waals surface area contributed by atoms with Gasteiger partial charge in [0, 0.05) is 30.9 Å². The molecular weight excluding hydrogens is 298 g/mol. The number of nitrogens with zero attached hydrogens (tertiary/aromatic N) is 2. The number of rotatable bonds is 2. The van der Waals surface area contributed by atoms with Gasteiger partial charge < -0.3 is 5.32 Å². The summed E-state index contributed by atoms with van der Waals surface area (Å²) in [5.74, 6) is -0.601. The fourth-order valence-corrected chi connectivity index (χ4v) is 2.60. The maximum absolute atomic E-state index is 11.9. The standard InChI is InChI=1S/C13H12ClN3O2S/c1-15-13-17(2)12(19)10(20-13)7-11(18)16-9-5-3-8(14)4-6-9/h3-7H,1-2H3,(H,16,18). The number of amidine groups is 1. The van der Waals surface area contributed by atoms with E-state index < -0.39 is 0 Å². The van der Waals surface area contributed by atoms with Gasteiger partial charge in [-0.3, -0.25) is 19.5 Å². The molecule has 0 unspecified atom stereocenters. The molecule has 104 valence electrons.